The van der Waals surface area contributed by atoms with E-state index in [1.165, 1.54) is 5.69 Å². The summed E-state index contributed by atoms with van der Waals surface area (Å²) in [5, 5.41) is 8.91. The van der Waals surface area contributed by atoms with Crippen molar-refractivity contribution < 1.29 is 0 Å². The van der Waals surface area contributed by atoms with Gasteiger partial charge in [0.05, 0.1) is 12.7 Å². The molecule has 0 radical (unpaired) electrons. The fourth-order valence-electron chi connectivity index (χ4n) is 3.54. The molecule has 4 rings (SSSR count). The van der Waals surface area contributed by atoms with Gasteiger partial charge < -0.3 is 4.98 Å². The highest BCUT2D eigenvalue weighted by Crippen LogP contribution is 2.27. The second-order valence-corrected chi connectivity index (χ2v) is 6.45. The second kappa shape index (κ2) is 5.86. The number of likely N-dealkylation sites (tertiary alicyclic amines) is 1. The Balaban J connectivity index is 1.46. The predicted molar refractivity (Wildman–Crippen MR) is 89.6 cm³/mol. The van der Waals surface area contributed by atoms with Crippen molar-refractivity contribution in [1.82, 2.24) is 34.4 Å². The molecule has 4 heterocycles. The van der Waals surface area contributed by atoms with Crippen molar-refractivity contribution in [3.8, 4) is 0 Å². The van der Waals surface area contributed by atoms with Crippen LogP contribution < -0.4 is 5.56 Å². The van der Waals surface area contributed by atoms with Crippen LogP contribution in [0.4, 0.5) is 0 Å². The number of fused-ring (bicyclic) bond motifs is 1. The zero-order valence-corrected chi connectivity index (χ0v) is 13.9. The highest BCUT2D eigenvalue weighted by atomic mass is 16.1. The third kappa shape index (κ3) is 2.62. The van der Waals surface area contributed by atoms with Crippen LogP contribution in [0.1, 0.15) is 30.3 Å². The summed E-state index contributed by atoms with van der Waals surface area (Å²) in [7, 11) is 3.80. The van der Waals surface area contributed by atoms with Gasteiger partial charge in [-0.25, -0.2) is 4.98 Å². The lowest BCUT2D eigenvalue weighted by Crippen LogP contribution is -2.34. The molecule has 1 N–H and O–H groups in total. The van der Waals surface area contributed by atoms with Crippen molar-refractivity contribution in [2.24, 2.45) is 14.1 Å². The summed E-state index contributed by atoms with van der Waals surface area (Å²) < 4.78 is 3.61. The van der Waals surface area contributed by atoms with Gasteiger partial charge in [0.2, 0.25) is 0 Å². The predicted octanol–water partition coefficient (Wildman–Crippen LogP) is 0.770. The van der Waals surface area contributed by atoms with Gasteiger partial charge in [-0.05, 0) is 32.0 Å². The molecule has 3 aromatic heterocycles. The first-order valence-electron chi connectivity index (χ1n) is 8.23. The zero-order chi connectivity index (χ0) is 16.7. The summed E-state index contributed by atoms with van der Waals surface area (Å²) in [6, 6.07) is 2.11. The smallest absolute Gasteiger partial charge is 0.262 e. The Morgan fingerprint density at radius 3 is 2.71 bits per heavy atom. The lowest BCUT2D eigenvalue weighted by atomic mass is 9.93. The number of nitrogens with zero attached hydrogens (tertiary/aromatic N) is 6. The minimum Gasteiger partial charge on any atom is -0.309 e. The molecular weight excluding hydrogens is 306 g/mol. The van der Waals surface area contributed by atoms with Crippen molar-refractivity contribution in [2.45, 2.75) is 25.3 Å². The minimum absolute atomic E-state index is 0.118. The van der Waals surface area contributed by atoms with Gasteiger partial charge in [0, 0.05) is 31.9 Å². The molecule has 8 heteroatoms. The average molecular weight is 327 g/mol. The summed E-state index contributed by atoms with van der Waals surface area (Å²) in [4.78, 5) is 21.9. The lowest BCUT2D eigenvalue weighted by Gasteiger charge is -2.31. The number of rotatable bonds is 3. The van der Waals surface area contributed by atoms with Crippen molar-refractivity contribution in [2.75, 3.05) is 13.1 Å². The van der Waals surface area contributed by atoms with E-state index in [2.05, 4.69) is 31.1 Å². The van der Waals surface area contributed by atoms with E-state index in [1.807, 2.05) is 17.9 Å². The van der Waals surface area contributed by atoms with Gasteiger partial charge in [0.1, 0.15) is 11.2 Å². The molecule has 0 aromatic carbocycles. The summed E-state index contributed by atoms with van der Waals surface area (Å²) in [5.74, 6) is 1.26. The van der Waals surface area contributed by atoms with Gasteiger partial charge in [-0.1, -0.05) is 0 Å². The van der Waals surface area contributed by atoms with Crippen LogP contribution >= 0.6 is 0 Å². The Hall–Kier alpha value is -2.48. The SMILES string of the molecule is Cn1nccc1C1CCN(Cc2nc3c(cnn3C)c(=O)[nH]2)CC1. The number of H-pyrrole nitrogens is 1. The van der Waals surface area contributed by atoms with Crippen LogP contribution in [0.15, 0.2) is 23.3 Å². The average Bonchev–Trinajstić information content (AvgIpc) is 3.15. The van der Waals surface area contributed by atoms with Gasteiger partial charge in [-0.2, -0.15) is 10.2 Å². The maximum Gasteiger partial charge on any atom is 0.262 e. The molecule has 3 aromatic rings. The third-order valence-electron chi connectivity index (χ3n) is 4.89. The van der Waals surface area contributed by atoms with E-state index in [9.17, 15) is 4.79 Å². The van der Waals surface area contributed by atoms with E-state index in [1.54, 1.807) is 17.9 Å². The van der Waals surface area contributed by atoms with Crippen molar-refractivity contribution >= 4 is 11.0 Å². The largest absolute Gasteiger partial charge is 0.309 e. The molecule has 8 nitrogen and oxygen atoms in total. The molecule has 0 spiro atoms. The Bertz CT molecular complexity index is 914. The molecule has 0 unspecified atom stereocenters. The van der Waals surface area contributed by atoms with Crippen LogP contribution in [0.3, 0.4) is 0 Å². The monoisotopic (exact) mass is 327 g/mol. The van der Waals surface area contributed by atoms with Crippen LogP contribution in [-0.4, -0.2) is 47.5 Å². The fraction of sp³-hybridized carbons (Fsp3) is 0.500. The number of aromatic amines is 1. The number of nitrogens with one attached hydrogen (secondary N) is 1. The number of hydrogen-bond donors (Lipinski definition) is 1. The standard InChI is InChI=1S/C16H21N7O/c1-21-13(3-6-17-21)11-4-7-23(8-5-11)10-14-19-15-12(16(24)20-14)9-18-22(15)2/h3,6,9,11H,4-5,7-8,10H2,1-2H3,(H,19,20,24). The molecule has 24 heavy (non-hydrogen) atoms. The molecule has 0 aliphatic carbocycles. The van der Waals surface area contributed by atoms with Crippen molar-refractivity contribution in [3.05, 3.63) is 40.3 Å². The van der Waals surface area contributed by atoms with E-state index in [0.29, 0.717) is 29.3 Å². The first-order valence-corrected chi connectivity index (χ1v) is 8.23. The molecule has 1 fully saturated rings. The molecule has 0 atom stereocenters. The van der Waals surface area contributed by atoms with Crippen LogP contribution in [0.5, 0.6) is 0 Å². The molecule has 1 aliphatic heterocycles. The van der Waals surface area contributed by atoms with E-state index in [-0.39, 0.29) is 5.56 Å². The minimum atomic E-state index is -0.118. The van der Waals surface area contributed by atoms with E-state index >= 15 is 0 Å². The maximum absolute atomic E-state index is 12.1. The molecule has 0 saturated carbocycles. The fourth-order valence-corrected chi connectivity index (χ4v) is 3.54. The van der Waals surface area contributed by atoms with Gasteiger partial charge in [-0.3, -0.25) is 19.1 Å². The zero-order valence-electron chi connectivity index (χ0n) is 13.9. The van der Waals surface area contributed by atoms with E-state index in [4.69, 9.17) is 0 Å². The highest BCUT2D eigenvalue weighted by Gasteiger charge is 2.23. The van der Waals surface area contributed by atoms with Crippen LogP contribution in [-0.2, 0) is 20.6 Å². The first kappa shape index (κ1) is 15.1. The number of piperidine rings is 1. The summed E-state index contributed by atoms with van der Waals surface area (Å²) in [6.07, 6.45) is 5.61. The molecule has 0 amide bonds. The molecule has 0 bridgehead atoms. The normalized spacial score (nSPS) is 16.9. The quantitative estimate of drug-likeness (QED) is 0.768. The van der Waals surface area contributed by atoms with Crippen LogP contribution in [0, 0.1) is 0 Å². The van der Waals surface area contributed by atoms with Crippen LogP contribution in [0.25, 0.3) is 11.0 Å². The van der Waals surface area contributed by atoms with Crippen LogP contribution in [0.2, 0.25) is 0 Å². The van der Waals surface area contributed by atoms with E-state index < -0.39 is 0 Å². The molecule has 126 valence electrons. The Labute approximate surface area is 139 Å². The summed E-state index contributed by atoms with van der Waals surface area (Å²) in [6.45, 7) is 2.64. The second-order valence-electron chi connectivity index (χ2n) is 6.45. The Morgan fingerprint density at radius 1 is 1.21 bits per heavy atom. The summed E-state index contributed by atoms with van der Waals surface area (Å²) >= 11 is 0. The third-order valence-corrected chi connectivity index (χ3v) is 4.89. The van der Waals surface area contributed by atoms with Gasteiger partial charge >= 0.3 is 0 Å². The lowest BCUT2D eigenvalue weighted by molar-refractivity contribution is 0.197. The summed E-state index contributed by atoms with van der Waals surface area (Å²) in [5.41, 5.74) is 1.82. The molecule has 1 saturated heterocycles. The molecular formula is C16H21N7O. The van der Waals surface area contributed by atoms with E-state index in [0.717, 1.165) is 25.9 Å². The topological polar surface area (TPSA) is 84.6 Å². The van der Waals surface area contributed by atoms with Gasteiger partial charge in [0.25, 0.3) is 5.56 Å². The first-order chi connectivity index (χ1) is 11.6. The Kier molecular flexibility index (Phi) is 3.68. The Morgan fingerprint density at radius 2 is 2.00 bits per heavy atom. The highest BCUT2D eigenvalue weighted by molar-refractivity contribution is 5.72. The number of aryl methyl sites for hydroxylation is 2. The maximum atomic E-state index is 12.1. The number of hydrogen-bond acceptors (Lipinski definition) is 5. The number of aromatic nitrogens is 6. The molecule has 1 aliphatic rings. The van der Waals surface area contributed by atoms with Gasteiger partial charge in [-0.15, -0.1) is 0 Å². The van der Waals surface area contributed by atoms with Gasteiger partial charge in [0.15, 0.2) is 5.65 Å². The van der Waals surface area contributed by atoms with Crippen molar-refractivity contribution in [3.63, 3.8) is 0 Å². The van der Waals surface area contributed by atoms with Crippen molar-refractivity contribution in [1.29, 1.82) is 0 Å².